The van der Waals surface area contributed by atoms with Gasteiger partial charge in [0.1, 0.15) is 0 Å². The molecule has 0 N–H and O–H groups in total. The quantitative estimate of drug-likeness (QED) is 0.773. The minimum Gasteiger partial charge on any atom is -0.348 e. The Labute approximate surface area is 119 Å². The molecule has 1 aliphatic heterocycles. The van der Waals surface area contributed by atoms with Crippen molar-refractivity contribution in [1.29, 1.82) is 5.26 Å². The van der Waals surface area contributed by atoms with E-state index < -0.39 is 0 Å². The summed E-state index contributed by atoms with van der Waals surface area (Å²) in [5.74, 6) is -0.362. The largest absolute Gasteiger partial charge is 0.348 e. The standard InChI is InChI=1S/C17H19NO2/c18-12-4-7-16(15-5-2-1-3-6-15)8-10-17(11-9-16)19-13-14-20-17/h1-7H,8-11,13-14H2/b7-4+. The highest BCUT2D eigenvalue weighted by atomic mass is 16.7. The van der Waals surface area contributed by atoms with Gasteiger partial charge in [0.25, 0.3) is 0 Å². The zero-order chi connectivity index (χ0) is 13.9. The molecule has 1 aliphatic carbocycles. The Morgan fingerprint density at radius 3 is 2.25 bits per heavy atom. The van der Waals surface area contributed by atoms with Gasteiger partial charge in [-0.15, -0.1) is 0 Å². The Morgan fingerprint density at radius 1 is 1.00 bits per heavy atom. The van der Waals surface area contributed by atoms with E-state index in [2.05, 4.69) is 36.4 Å². The van der Waals surface area contributed by atoms with E-state index in [4.69, 9.17) is 14.7 Å². The number of benzene rings is 1. The second kappa shape index (κ2) is 5.40. The Kier molecular flexibility index (Phi) is 3.60. The first-order chi connectivity index (χ1) is 9.79. The first-order valence-electron chi connectivity index (χ1n) is 7.19. The summed E-state index contributed by atoms with van der Waals surface area (Å²) in [5, 5.41) is 8.88. The highest BCUT2D eigenvalue weighted by Crippen LogP contribution is 2.47. The molecule has 3 heteroatoms. The summed E-state index contributed by atoms with van der Waals surface area (Å²) in [6.45, 7) is 1.40. The van der Waals surface area contributed by atoms with Crippen molar-refractivity contribution < 1.29 is 9.47 Å². The normalized spacial score (nSPS) is 23.9. The topological polar surface area (TPSA) is 42.2 Å². The van der Waals surface area contributed by atoms with Crippen LogP contribution in [0, 0.1) is 11.3 Å². The summed E-state index contributed by atoms with van der Waals surface area (Å²) >= 11 is 0. The van der Waals surface area contributed by atoms with Crippen LogP contribution in [0.4, 0.5) is 0 Å². The van der Waals surface area contributed by atoms with Crippen LogP contribution in [0.5, 0.6) is 0 Å². The summed E-state index contributed by atoms with van der Waals surface area (Å²) in [4.78, 5) is 0. The van der Waals surface area contributed by atoms with Crippen molar-refractivity contribution in [2.24, 2.45) is 0 Å². The van der Waals surface area contributed by atoms with Crippen molar-refractivity contribution >= 4 is 0 Å². The lowest BCUT2D eigenvalue weighted by Crippen LogP contribution is -2.41. The number of rotatable bonds is 2. The summed E-state index contributed by atoms with van der Waals surface area (Å²) in [7, 11) is 0. The molecule has 0 atom stereocenters. The van der Waals surface area contributed by atoms with Gasteiger partial charge in [-0.05, 0) is 18.4 Å². The molecule has 3 nitrogen and oxygen atoms in total. The fourth-order valence-electron chi connectivity index (χ4n) is 3.38. The van der Waals surface area contributed by atoms with Gasteiger partial charge in [0.05, 0.1) is 19.3 Å². The van der Waals surface area contributed by atoms with Crippen molar-refractivity contribution in [3.63, 3.8) is 0 Å². The van der Waals surface area contributed by atoms with Crippen LogP contribution in [0.15, 0.2) is 42.5 Å². The molecule has 0 amide bonds. The average molecular weight is 269 g/mol. The highest BCUT2D eigenvalue weighted by molar-refractivity contribution is 5.33. The third-order valence-corrected chi connectivity index (χ3v) is 4.54. The fourth-order valence-corrected chi connectivity index (χ4v) is 3.38. The second-order valence-corrected chi connectivity index (χ2v) is 5.59. The van der Waals surface area contributed by atoms with Crippen LogP contribution < -0.4 is 0 Å². The number of nitriles is 1. The Morgan fingerprint density at radius 2 is 1.65 bits per heavy atom. The molecule has 1 spiro atoms. The molecule has 2 fully saturated rings. The Balaban J connectivity index is 1.86. The average Bonchev–Trinajstić information content (AvgIpc) is 2.97. The molecule has 3 rings (SSSR count). The summed E-state index contributed by atoms with van der Waals surface area (Å²) < 4.78 is 11.6. The van der Waals surface area contributed by atoms with Gasteiger partial charge in [-0.2, -0.15) is 5.26 Å². The van der Waals surface area contributed by atoms with Crippen LogP contribution in [0.2, 0.25) is 0 Å². The van der Waals surface area contributed by atoms with Crippen LogP contribution in [-0.2, 0) is 14.9 Å². The van der Waals surface area contributed by atoms with E-state index in [0.717, 1.165) is 25.7 Å². The maximum absolute atomic E-state index is 8.88. The summed E-state index contributed by atoms with van der Waals surface area (Å²) in [5.41, 5.74) is 1.22. The maximum atomic E-state index is 8.88. The monoisotopic (exact) mass is 269 g/mol. The molecule has 0 bridgehead atoms. The molecule has 2 aliphatic rings. The number of hydrogen-bond donors (Lipinski definition) is 0. The van der Waals surface area contributed by atoms with E-state index >= 15 is 0 Å². The van der Waals surface area contributed by atoms with E-state index in [-0.39, 0.29) is 11.2 Å². The lowest BCUT2D eigenvalue weighted by Gasteiger charge is -2.42. The van der Waals surface area contributed by atoms with Crippen LogP contribution in [0.25, 0.3) is 0 Å². The molecule has 0 radical (unpaired) electrons. The van der Waals surface area contributed by atoms with Crippen molar-refractivity contribution in [3.05, 3.63) is 48.0 Å². The first kappa shape index (κ1) is 13.4. The molecule has 20 heavy (non-hydrogen) atoms. The second-order valence-electron chi connectivity index (χ2n) is 5.59. The van der Waals surface area contributed by atoms with Crippen molar-refractivity contribution in [3.8, 4) is 6.07 Å². The number of hydrogen-bond acceptors (Lipinski definition) is 3. The van der Waals surface area contributed by atoms with Crippen LogP contribution in [0.1, 0.15) is 31.2 Å². The molecule has 0 unspecified atom stereocenters. The Bertz CT molecular complexity index is 514. The summed E-state index contributed by atoms with van der Waals surface area (Å²) in [6, 6.07) is 12.6. The zero-order valence-electron chi connectivity index (χ0n) is 11.5. The van der Waals surface area contributed by atoms with Crippen LogP contribution >= 0.6 is 0 Å². The van der Waals surface area contributed by atoms with Gasteiger partial charge in [0.15, 0.2) is 5.79 Å². The molecule has 1 aromatic carbocycles. The highest BCUT2D eigenvalue weighted by Gasteiger charge is 2.45. The van der Waals surface area contributed by atoms with Gasteiger partial charge in [0, 0.05) is 24.3 Å². The van der Waals surface area contributed by atoms with Gasteiger partial charge in [0.2, 0.25) is 0 Å². The summed E-state index contributed by atoms with van der Waals surface area (Å²) in [6.07, 6.45) is 7.35. The van der Waals surface area contributed by atoms with Crippen molar-refractivity contribution in [2.45, 2.75) is 36.9 Å². The van der Waals surface area contributed by atoms with Crippen molar-refractivity contribution in [1.82, 2.24) is 0 Å². The molecule has 1 aromatic rings. The van der Waals surface area contributed by atoms with Gasteiger partial charge >= 0.3 is 0 Å². The smallest absolute Gasteiger partial charge is 0.168 e. The third-order valence-electron chi connectivity index (χ3n) is 4.54. The molecular weight excluding hydrogens is 250 g/mol. The van der Waals surface area contributed by atoms with Crippen LogP contribution in [-0.4, -0.2) is 19.0 Å². The van der Waals surface area contributed by atoms with Crippen molar-refractivity contribution in [2.75, 3.05) is 13.2 Å². The predicted molar refractivity (Wildman–Crippen MR) is 76.0 cm³/mol. The van der Waals surface area contributed by atoms with Gasteiger partial charge in [-0.3, -0.25) is 0 Å². The van der Waals surface area contributed by atoms with E-state index in [1.165, 1.54) is 5.56 Å². The molecule has 1 saturated heterocycles. The van der Waals surface area contributed by atoms with E-state index in [1.807, 2.05) is 6.07 Å². The molecule has 104 valence electrons. The van der Waals surface area contributed by atoms with Crippen LogP contribution in [0.3, 0.4) is 0 Å². The minimum absolute atomic E-state index is 0.0580. The third kappa shape index (κ3) is 2.37. The van der Waals surface area contributed by atoms with Gasteiger partial charge < -0.3 is 9.47 Å². The molecule has 1 heterocycles. The molecule has 1 saturated carbocycles. The predicted octanol–water partition coefficient (Wildman–Crippen LogP) is 3.32. The van der Waals surface area contributed by atoms with Gasteiger partial charge in [-0.1, -0.05) is 36.4 Å². The first-order valence-corrected chi connectivity index (χ1v) is 7.19. The lowest BCUT2D eigenvalue weighted by atomic mass is 9.67. The van der Waals surface area contributed by atoms with E-state index in [9.17, 15) is 0 Å². The number of allylic oxidation sites excluding steroid dienone is 2. The van der Waals surface area contributed by atoms with E-state index in [1.54, 1.807) is 6.08 Å². The Hall–Kier alpha value is -1.63. The maximum Gasteiger partial charge on any atom is 0.168 e. The molecular formula is C17H19NO2. The lowest BCUT2D eigenvalue weighted by molar-refractivity contribution is -0.182. The minimum atomic E-state index is -0.362. The SMILES string of the molecule is N#C/C=C/C1(c2ccccc2)CCC2(CC1)OCCO2. The number of nitrogens with zero attached hydrogens (tertiary/aromatic N) is 1. The molecule has 0 aromatic heterocycles. The number of ether oxygens (including phenoxy) is 2. The van der Waals surface area contributed by atoms with E-state index in [0.29, 0.717) is 13.2 Å². The fraction of sp³-hybridized carbons (Fsp3) is 0.471. The zero-order valence-corrected chi connectivity index (χ0v) is 11.5. The van der Waals surface area contributed by atoms with Gasteiger partial charge in [-0.25, -0.2) is 0 Å².